The second-order valence-electron chi connectivity index (χ2n) is 4.06. The zero-order chi connectivity index (χ0) is 14.2. The summed E-state index contributed by atoms with van der Waals surface area (Å²) in [7, 11) is 0. The van der Waals surface area contributed by atoms with Gasteiger partial charge in [-0.05, 0) is 30.3 Å². The van der Waals surface area contributed by atoms with Gasteiger partial charge >= 0.3 is 0 Å². The van der Waals surface area contributed by atoms with E-state index in [1.54, 1.807) is 35.1 Å². The molecule has 0 atom stereocenters. The number of nitrogens with one attached hydrogen (secondary N) is 1. The van der Waals surface area contributed by atoms with Gasteiger partial charge in [-0.25, -0.2) is 0 Å². The molecule has 1 amide bonds. The predicted molar refractivity (Wildman–Crippen MR) is 75.0 cm³/mol. The maximum Gasteiger partial charge on any atom is 0.251 e. The van der Waals surface area contributed by atoms with Gasteiger partial charge in [0.25, 0.3) is 5.91 Å². The van der Waals surface area contributed by atoms with E-state index < -0.39 is 0 Å². The number of aliphatic hydroxyl groups excluding tert-OH is 1. The fourth-order valence-corrected chi connectivity index (χ4v) is 1.67. The molecular weight excluding hydrogens is 254 g/mol. The highest BCUT2D eigenvalue weighted by Crippen LogP contribution is 2.03. The molecule has 0 aliphatic heterocycles. The Bertz CT molecular complexity index is 607. The van der Waals surface area contributed by atoms with Crippen molar-refractivity contribution in [2.75, 3.05) is 13.2 Å². The molecule has 2 rings (SSSR count). The summed E-state index contributed by atoms with van der Waals surface area (Å²) < 4.78 is 1.76. The van der Waals surface area contributed by atoms with Crippen LogP contribution >= 0.6 is 0 Å². The van der Waals surface area contributed by atoms with Crippen LogP contribution in [-0.2, 0) is 6.54 Å². The Morgan fingerprint density at radius 1 is 1.35 bits per heavy atom. The average Bonchev–Trinajstić information content (AvgIpc) is 2.99. The zero-order valence-corrected chi connectivity index (χ0v) is 10.9. The highest BCUT2D eigenvalue weighted by Gasteiger charge is 2.04. The zero-order valence-electron chi connectivity index (χ0n) is 10.9. The lowest BCUT2D eigenvalue weighted by atomic mass is 10.1. The van der Waals surface area contributed by atoms with Crippen molar-refractivity contribution in [2.24, 2.45) is 0 Å². The molecule has 0 fully saturated rings. The minimum absolute atomic E-state index is 0.126. The van der Waals surface area contributed by atoms with E-state index in [0.717, 1.165) is 5.56 Å². The van der Waals surface area contributed by atoms with Gasteiger partial charge in [0, 0.05) is 30.1 Å². The number of amides is 1. The van der Waals surface area contributed by atoms with E-state index in [-0.39, 0.29) is 12.5 Å². The van der Waals surface area contributed by atoms with Crippen LogP contribution in [0, 0.1) is 11.8 Å². The van der Waals surface area contributed by atoms with E-state index in [1.807, 2.05) is 12.3 Å². The van der Waals surface area contributed by atoms with E-state index >= 15 is 0 Å². The number of carbonyl (C=O) groups is 1. The van der Waals surface area contributed by atoms with Crippen molar-refractivity contribution in [3.8, 4) is 11.8 Å². The van der Waals surface area contributed by atoms with Gasteiger partial charge in [0.15, 0.2) is 0 Å². The first-order chi connectivity index (χ1) is 9.79. The van der Waals surface area contributed by atoms with E-state index in [4.69, 9.17) is 5.11 Å². The summed E-state index contributed by atoms with van der Waals surface area (Å²) in [6, 6.07) is 8.78. The molecule has 0 bridgehead atoms. The summed E-state index contributed by atoms with van der Waals surface area (Å²) in [5.41, 5.74) is 1.35. The van der Waals surface area contributed by atoms with Gasteiger partial charge < -0.3 is 10.4 Å². The van der Waals surface area contributed by atoms with Crippen molar-refractivity contribution in [3.63, 3.8) is 0 Å². The molecule has 2 aromatic rings. The highest BCUT2D eigenvalue weighted by atomic mass is 16.2. The normalized spacial score (nSPS) is 9.65. The van der Waals surface area contributed by atoms with E-state index in [0.29, 0.717) is 18.7 Å². The van der Waals surface area contributed by atoms with Crippen LogP contribution in [0.4, 0.5) is 0 Å². The molecule has 20 heavy (non-hydrogen) atoms. The number of aliphatic hydroxyl groups is 1. The Morgan fingerprint density at radius 3 is 2.80 bits per heavy atom. The number of benzene rings is 1. The number of carbonyl (C=O) groups excluding carboxylic acids is 1. The minimum Gasteiger partial charge on any atom is -0.384 e. The number of nitrogens with zero attached hydrogens (tertiary/aromatic N) is 2. The Labute approximate surface area is 117 Å². The Kier molecular flexibility index (Phi) is 4.93. The number of aromatic nitrogens is 2. The number of hydrogen-bond donors (Lipinski definition) is 2. The monoisotopic (exact) mass is 269 g/mol. The van der Waals surface area contributed by atoms with Crippen molar-refractivity contribution in [1.29, 1.82) is 0 Å². The fourth-order valence-electron chi connectivity index (χ4n) is 1.67. The molecule has 5 nitrogen and oxygen atoms in total. The average molecular weight is 269 g/mol. The van der Waals surface area contributed by atoms with Crippen LogP contribution in [0.5, 0.6) is 0 Å². The van der Waals surface area contributed by atoms with Gasteiger partial charge in [-0.3, -0.25) is 9.48 Å². The molecule has 0 saturated carbocycles. The van der Waals surface area contributed by atoms with Crippen LogP contribution in [0.2, 0.25) is 0 Å². The van der Waals surface area contributed by atoms with Gasteiger partial charge in [0.2, 0.25) is 0 Å². The first-order valence-corrected chi connectivity index (χ1v) is 6.25. The lowest BCUT2D eigenvalue weighted by molar-refractivity contribution is 0.0952. The molecule has 1 heterocycles. The van der Waals surface area contributed by atoms with Gasteiger partial charge in [-0.1, -0.05) is 11.8 Å². The molecule has 0 aliphatic carbocycles. The molecule has 0 radical (unpaired) electrons. The van der Waals surface area contributed by atoms with Crippen molar-refractivity contribution in [1.82, 2.24) is 15.1 Å². The Morgan fingerprint density at radius 2 is 2.15 bits per heavy atom. The summed E-state index contributed by atoms with van der Waals surface area (Å²) >= 11 is 0. The SMILES string of the molecule is O=C(NCCn1cccn1)c1ccc(C#CCO)cc1. The number of rotatable bonds is 4. The molecule has 0 unspecified atom stereocenters. The van der Waals surface area contributed by atoms with Gasteiger partial charge in [-0.15, -0.1) is 0 Å². The van der Waals surface area contributed by atoms with Crippen LogP contribution in [0.25, 0.3) is 0 Å². The van der Waals surface area contributed by atoms with E-state index in [1.165, 1.54) is 0 Å². The molecule has 0 aliphatic rings. The molecule has 1 aromatic heterocycles. The quantitative estimate of drug-likeness (QED) is 0.801. The van der Waals surface area contributed by atoms with E-state index in [9.17, 15) is 4.79 Å². The number of hydrogen-bond acceptors (Lipinski definition) is 3. The second kappa shape index (κ2) is 7.12. The summed E-state index contributed by atoms with van der Waals surface area (Å²) in [6.45, 7) is 0.987. The van der Waals surface area contributed by atoms with Gasteiger partial charge in [0.1, 0.15) is 6.61 Å². The molecule has 0 saturated heterocycles. The Hall–Kier alpha value is -2.58. The molecular formula is C15H15N3O2. The second-order valence-corrected chi connectivity index (χ2v) is 4.06. The smallest absolute Gasteiger partial charge is 0.251 e. The largest absolute Gasteiger partial charge is 0.384 e. The molecule has 0 spiro atoms. The fraction of sp³-hybridized carbons (Fsp3) is 0.200. The topological polar surface area (TPSA) is 67.2 Å². The molecule has 2 N–H and O–H groups in total. The summed E-state index contributed by atoms with van der Waals surface area (Å²) in [6.07, 6.45) is 3.55. The lowest BCUT2D eigenvalue weighted by Crippen LogP contribution is -2.27. The van der Waals surface area contributed by atoms with Crippen LogP contribution in [0.3, 0.4) is 0 Å². The Balaban J connectivity index is 1.85. The molecule has 1 aromatic carbocycles. The minimum atomic E-state index is -0.171. The van der Waals surface area contributed by atoms with Crippen LogP contribution in [-0.4, -0.2) is 33.9 Å². The third-order valence-corrected chi connectivity index (χ3v) is 2.64. The predicted octanol–water partition coefficient (Wildman–Crippen LogP) is 0.657. The van der Waals surface area contributed by atoms with Crippen LogP contribution < -0.4 is 5.32 Å². The van der Waals surface area contributed by atoms with Crippen molar-refractivity contribution in [3.05, 3.63) is 53.9 Å². The lowest BCUT2D eigenvalue weighted by Gasteiger charge is -2.05. The van der Waals surface area contributed by atoms with Crippen molar-refractivity contribution in [2.45, 2.75) is 6.54 Å². The molecule has 5 heteroatoms. The first kappa shape index (κ1) is 13.8. The third kappa shape index (κ3) is 3.97. The summed E-state index contributed by atoms with van der Waals surface area (Å²) in [5.74, 6) is 5.21. The summed E-state index contributed by atoms with van der Waals surface area (Å²) in [4.78, 5) is 11.9. The third-order valence-electron chi connectivity index (χ3n) is 2.64. The van der Waals surface area contributed by atoms with Crippen molar-refractivity contribution >= 4 is 5.91 Å². The van der Waals surface area contributed by atoms with Gasteiger partial charge in [-0.2, -0.15) is 5.10 Å². The van der Waals surface area contributed by atoms with Gasteiger partial charge in [0.05, 0.1) is 6.54 Å². The van der Waals surface area contributed by atoms with E-state index in [2.05, 4.69) is 22.3 Å². The van der Waals surface area contributed by atoms with Crippen LogP contribution in [0.15, 0.2) is 42.7 Å². The van der Waals surface area contributed by atoms with Crippen LogP contribution in [0.1, 0.15) is 15.9 Å². The maximum absolute atomic E-state index is 11.9. The standard InChI is InChI=1S/C15H15N3O2/c19-12-1-3-13-4-6-14(7-5-13)15(20)16-9-11-18-10-2-8-17-18/h2,4-8,10,19H,9,11-12H2,(H,16,20). The summed E-state index contributed by atoms with van der Waals surface area (Å²) in [5, 5.41) is 15.5. The molecule has 102 valence electrons. The van der Waals surface area contributed by atoms with Crippen molar-refractivity contribution < 1.29 is 9.90 Å². The first-order valence-electron chi connectivity index (χ1n) is 6.25. The maximum atomic E-state index is 11.9. The highest BCUT2D eigenvalue weighted by molar-refractivity contribution is 5.94.